The number of hydrogen-bond acceptors (Lipinski definition) is 4. The third-order valence-corrected chi connectivity index (χ3v) is 5.35. The van der Waals surface area contributed by atoms with Crippen molar-refractivity contribution in [3.63, 3.8) is 0 Å². The van der Waals surface area contributed by atoms with Crippen molar-refractivity contribution in [1.29, 1.82) is 0 Å². The van der Waals surface area contributed by atoms with E-state index in [1.807, 2.05) is 41.1 Å². The van der Waals surface area contributed by atoms with Crippen molar-refractivity contribution in [2.24, 2.45) is 5.92 Å². The molecular weight excluding hydrogens is 322 g/mol. The minimum Gasteiger partial charge on any atom is -0.324 e. The average Bonchev–Trinajstić information content (AvgIpc) is 3.10. The fourth-order valence-corrected chi connectivity index (χ4v) is 3.79. The predicted molar refractivity (Wildman–Crippen MR) is 96.3 cm³/mol. The zero-order chi connectivity index (χ0) is 16.9. The molecule has 1 saturated heterocycles. The van der Waals surface area contributed by atoms with Crippen molar-refractivity contribution in [3.8, 4) is 0 Å². The second kappa shape index (κ2) is 7.70. The number of hydrogen-bond donors (Lipinski definition) is 1. The molecule has 1 unspecified atom stereocenters. The van der Waals surface area contributed by atoms with E-state index in [2.05, 4.69) is 21.7 Å². The van der Waals surface area contributed by atoms with Crippen LogP contribution in [-0.2, 0) is 6.54 Å². The lowest BCUT2D eigenvalue weighted by Crippen LogP contribution is -2.43. The van der Waals surface area contributed by atoms with Gasteiger partial charge in [0.05, 0.1) is 6.20 Å². The van der Waals surface area contributed by atoms with E-state index in [4.69, 9.17) is 0 Å². The Morgan fingerprint density at radius 1 is 1.46 bits per heavy atom. The number of likely N-dealkylation sites (tertiary alicyclic amines) is 1. The zero-order valence-electron chi connectivity index (χ0n) is 14.1. The van der Waals surface area contributed by atoms with E-state index in [0.29, 0.717) is 5.92 Å². The highest BCUT2D eigenvalue weighted by molar-refractivity contribution is 7.98. The topological polar surface area (TPSA) is 63.1 Å². The fourth-order valence-electron chi connectivity index (χ4n) is 3.16. The molecular formula is C17H23N5OS. The molecule has 0 spiro atoms. The van der Waals surface area contributed by atoms with Crippen molar-refractivity contribution < 1.29 is 4.79 Å². The molecule has 6 nitrogen and oxygen atoms in total. The molecule has 1 aromatic carbocycles. The lowest BCUT2D eigenvalue weighted by molar-refractivity contribution is 0.168. The lowest BCUT2D eigenvalue weighted by Gasteiger charge is -2.32. The summed E-state index contributed by atoms with van der Waals surface area (Å²) in [4.78, 5) is 15.7. The Hall–Kier alpha value is -2.02. The van der Waals surface area contributed by atoms with Crippen LogP contribution < -0.4 is 5.32 Å². The molecule has 0 radical (unpaired) electrons. The number of amides is 2. The molecule has 0 bridgehead atoms. The Labute approximate surface area is 146 Å². The predicted octanol–water partition coefficient (Wildman–Crippen LogP) is 3.25. The Balaban J connectivity index is 1.62. The van der Waals surface area contributed by atoms with Crippen LogP contribution in [-0.4, -0.2) is 45.3 Å². The number of piperidine rings is 1. The summed E-state index contributed by atoms with van der Waals surface area (Å²) in [6.07, 6.45) is 7.75. The Bertz CT molecular complexity index is 688. The summed E-state index contributed by atoms with van der Waals surface area (Å²) < 4.78 is 1.85. The molecule has 1 fully saturated rings. The van der Waals surface area contributed by atoms with Crippen LogP contribution in [0.15, 0.2) is 35.5 Å². The van der Waals surface area contributed by atoms with Crippen LogP contribution in [0.25, 0.3) is 0 Å². The second-order valence-electron chi connectivity index (χ2n) is 6.14. The number of nitrogens with one attached hydrogen (secondary N) is 1. The standard InChI is InChI=1S/C17H23N5OS/c1-13-15(6-3-7-16(13)24-2)19-17(23)21-9-4-5-14(11-21)12-22-10-8-18-20-22/h3,6-8,10,14H,4-5,9,11-12H2,1-2H3,(H,19,23). The Morgan fingerprint density at radius 3 is 3.08 bits per heavy atom. The SMILES string of the molecule is CSc1cccc(NC(=O)N2CCCC(Cn3ccnn3)C2)c1C. The van der Waals surface area contributed by atoms with E-state index < -0.39 is 0 Å². The van der Waals surface area contributed by atoms with Crippen LogP contribution in [0, 0.1) is 12.8 Å². The highest BCUT2D eigenvalue weighted by Gasteiger charge is 2.24. The highest BCUT2D eigenvalue weighted by Crippen LogP contribution is 2.26. The van der Waals surface area contributed by atoms with Crippen molar-refractivity contribution >= 4 is 23.5 Å². The van der Waals surface area contributed by atoms with Crippen molar-refractivity contribution in [3.05, 3.63) is 36.2 Å². The maximum atomic E-state index is 12.6. The van der Waals surface area contributed by atoms with Crippen molar-refractivity contribution in [2.75, 3.05) is 24.7 Å². The molecule has 1 aromatic heterocycles. The maximum absolute atomic E-state index is 12.6. The molecule has 0 saturated carbocycles. The van der Waals surface area contributed by atoms with Gasteiger partial charge in [-0.1, -0.05) is 11.3 Å². The van der Waals surface area contributed by atoms with Gasteiger partial charge in [-0.3, -0.25) is 4.68 Å². The summed E-state index contributed by atoms with van der Waals surface area (Å²) in [5.74, 6) is 0.421. The summed E-state index contributed by atoms with van der Waals surface area (Å²) in [5.41, 5.74) is 2.01. The Morgan fingerprint density at radius 2 is 2.33 bits per heavy atom. The molecule has 0 aliphatic carbocycles. The second-order valence-corrected chi connectivity index (χ2v) is 6.99. The molecule has 3 rings (SSSR count). The number of aromatic nitrogens is 3. The summed E-state index contributed by atoms with van der Waals surface area (Å²) in [6, 6.07) is 6.01. The fraction of sp³-hybridized carbons (Fsp3) is 0.471. The van der Waals surface area contributed by atoms with Gasteiger partial charge in [0.15, 0.2) is 0 Å². The molecule has 128 valence electrons. The Kier molecular flexibility index (Phi) is 5.40. The first kappa shape index (κ1) is 16.8. The quantitative estimate of drug-likeness (QED) is 0.864. The van der Waals surface area contributed by atoms with E-state index in [9.17, 15) is 4.79 Å². The third-order valence-electron chi connectivity index (χ3n) is 4.47. The van der Waals surface area contributed by atoms with Gasteiger partial charge >= 0.3 is 6.03 Å². The number of carbonyl (C=O) groups is 1. The monoisotopic (exact) mass is 345 g/mol. The van der Waals surface area contributed by atoms with Gasteiger partial charge in [0, 0.05) is 36.4 Å². The third kappa shape index (κ3) is 3.90. The van der Waals surface area contributed by atoms with Crippen molar-refractivity contribution in [1.82, 2.24) is 19.9 Å². The number of nitrogens with zero attached hydrogens (tertiary/aromatic N) is 4. The largest absolute Gasteiger partial charge is 0.324 e. The molecule has 24 heavy (non-hydrogen) atoms. The number of benzene rings is 1. The van der Waals surface area contributed by atoms with E-state index in [1.54, 1.807) is 18.0 Å². The van der Waals surface area contributed by atoms with E-state index in [0.717, 1.165) is 43.7 Å². The number of anilines is 1. The molecule has 1 aliphatic rings. The number of thioether (sulfide) groups is 1. The highest BCUT2D eigenvalue weighted by atomic mass is 32.2. The van der Waals surface area contributed by atoms with Gasteiger partial charge in [-0.25, -0.2) is 4.79 Å². The maximum Gasteiger partial charge on any atom is 0.321 e. The van der Waals surface area contributed by atoms with Crippen LogP contribution >= 0.6 is 11.8 Å². The van der Waals surface area contributed by atoms with Crippen LogP contribution in [0.5, 0.6) is 0 Å². The van der Waals surface area contributed by atoms with Crippen LogP contribution in [0.4, 0.5) is 10.5 Å². The van der Waals surface area contributed by atoms with Crippen molar-refractivity contribution in [2.45, 2.75) is 31.2 Å². The molecule has 1 atom stereocenters. The van der Waals surface area contributed by atoms with Gasteiger partial charge in [0.25, 0.3) is 0 Å². The molecule has 7 heteroatoms. The van der Waals surface area contributed by atoms with Gasteiger partial charge in [-0.05, 0) is 49.6 Å². The minimum atomic E-state index is -0.0142. The van der Waals surface area contributed by atoms with Crippen LogP contribution in [0.3, 0.4) is 0 Å². The van der Waals surface area contributed by atoms with Gasteiger partial charge in [0.1, 0.15) is 0 Å². The van der Waals surface area contributed by atoms with E-state index in [-0.39, 0.29) is 6.03 Å². The summed E-state index contributed by atoms with van der Waals surface area (Å²) >= 11 is 1.69. The lowest BCUT2D eigenvalue weighted by atomic mass is 9.98. The molecule has 2 aromatic rings. The number of rotatable bonds is 4. The minimum absolute atomic E-state index is 0.0142. The van der Waals surface area contributed by atoms with Gasteiger partial charge in [-0.2, -0.15) is 0 Å². The van der Waals surface area contributed by atoms with Gasteiger partial charge in [-0.15, -0.1) is 16.9 Å². The van der Waals surface area contributed by atoms with Crippen LogP contribution in [0.2, 0.25) is 0 Å². The number of urea groups is 1. The molecule has 2 heterocycles. The molecule has 1 N–H and O–H groups in total. The smallest absolute Gasteiger partial charge is 0.321 e. The zero-order valence-corrected chi connectivity index (χ0v) is 14.9. The summed E-state index contributed by atoms with van der Waals surface area (Å²) in [5, 5.41) is 10.9. The van der Waals surface area contributed by atoms with E-state index in [1.165, 1.54) is 4.90 Å². The molecule has 2 amide bonds. The molecule has 1 aliphatic heterocycles. The first-order valence-electron chi connectivity index (χ1n) is 8.21. The van der Waals surface area contributed by atoms with Gasteiger partial charge < -0.3 is 10.2 Å². The van der Waals surface area contributed by atoms with E-state index >= 15 is 0 Å². The van der Waals surface area contributed by atoms with Gasteiger partial charge in [0.2, 0.25) is 0 Å². The average molecular weight is 345 g/mol. The summed E-state index contributed by atoms with van der Waals surface area (Å²) in [7, 11) is 0. The van der Waals surface area contributed by atoms with Crippen LogP contribution in [0.1, 0.15) is 18.4 Å². The normalized spacial score (nSPS) is 17.8. The number of carbonyl (C=O) groups excluding carboxylic acids is 1. The first-order valence-corrected chi connectivity index (χ1v) is 9.43. The summed E-state index contributed by atoms with van der Waals surface area (Å²) in [6.45, 7) is 4.42. The first-order chi connectivity index (χ1) is 11.7.